The zero-order chi connectivity index (χ0) is 20.9. The Morgan fingerprint density at radius 2 is 1.69 bits per heavy atom. The van der Waals surface area contributed by atoms with Crippen molar-refractivity contribution in [3.8, 4) is 0 Å². The normalized spacial score (nSPS) is 15.7. The molecule has 1 atom stereocenters. The first kappa shape index (κ1) is 21.1. The van der Waals surface area contributed by atoms with Gasteiger partial charge in [0, 0.05) is 23.2 Å². The SMILES string of the molecule is CC(C)(C)C(=O)Nc1cccc(C(=O)NCC(c2ccccc2)N2CCCC2)c1. The summed E-state index contributed by atoms with van der Waals surface area (Å²) in [5.74, 6) is -0.204. The largest absolute Gasteiger partial charge is 0.350 e. The fourth-order valence-electron chi connectivity index (χ4n) is 3.53. The van der Waals surface area contributed by atoms with Gasteiger partial charge in [0.15, 0.2) is 0 Å². The topological polar surface area (TPSA) is 61.4 Å². The molecule has 0 radical (unpaired) electrons. The molecule has 0 bridgehead atoms. The summed E-state index contributed by atoms with van der Waals surface area (Å²) in [6.45, 7) is 8.26. The monoisotopic (exact) mass is 393 g/mol. The first-order valence-corrected chi connectivity index (χ1v) is 10.3. The van der Waals surface area contributed by atoms with Crippen LogP contribution in [0.3, 0.4) is 0 Å². The Hall–Kier alpha value is -2.66. The minimum Gasteiger partial charge on any atom is -0.350 e. The average Bonchev–Trinajstić information content (AvgIpc) is 3.23. The van der Waals surface area contributed by atoms with Crippen LogP contribution in [0.25, 0.3) is 0 Å². The molecule has 0 aromatic heterocycles. The number of nitrogens with zero attached hydrogens (tertiary/aromatic N) is 1. The van der Waals surface area contributed by atoms with Crippen molar-refractivity contribution >= 4 is 17.5 Å². The lowest BCUT2D eigenvalue weighted by atomic mass is 9.95. The molecule has 0 spiro atoms. The van der Waals surface area contributed by atoms with E-state index in [2.05, 4.69) is 27.7 Å². The second-order valence-corrected chi connectivity index (χ2v) is 8.66. The highest BCUT2D eigenvalue weighted by Crippen LogP contribution is 2.24. The summed E-state index contributed by atoms with van der Waals surface area (Å²) in [6.07, 6.45) is 2.40. The summed E-state index contributed by atoms with van der Waals surface area (Å²) in [7, 11) is 0. The van der Waals surface area contributed by atoms with Gasteiger partial charge < -0.3 is 10.6 Å². The summed E-state index contributed by atoms with van der Waals surface area (Å²) in [5, 5.41) is 5.98. The molecular formula is C24H31N3O2. The number of hydrogen-bond acceptors (Lipinski definition) is 3. The van der Waals surface area contributed by atoms with Gasteiger partial charge in [0.25, 0.3) is 5.91 Å². The molecule has 1 aliphatic rings. The van der Waals surface area contributed by atoms with Crippen molar-refractivity contribution in [2.75, 3.05) is 25.0 Å². The highest BCUT2D eigenvalue weighted by atomic mass is 16.2. The molecule has 1 fully saturated rings. The van der Waals surface area contributed by atoms with Crippen molar-refractivity contribution in [1.82, 2.24) is 10.2 Å². The van der Waals surface area contributed by atoms with Crippen LogP contribution in [-0.2, 0) is 4.79 Å². The summed E-state index contributed by atoms with van der Waals surface area (Å²) < 4.78 is 0. The van der Waals surface area contributed by atoms with Gasteiger partial charge >= 0.3 is 0 Å². The lowest BCUT2D eigenvalue weighted by Crippen LogP contribution is -2.36. The van der Waals surface area contributed by atoms with Crippen LogP contribution in [0.4, 0.5) is 5.69 Å². The van der Waals surface area contributed by atoms with Crippen LogP contribution in [0.15, 0.2) is 54.6 Å². The van der Waals surface area contributed by atoms with Crippen molar-refractivity contribution in [2.45, 2.75) is 39.7 Å². The Kier molecular flexibility index (Phi) is 6.70. The number of carbonyl (C=O) groups is 2. The molecular weight excluding hydrogens is 362 g/mol. The van der Waals surface area contributed by atoms with Gasteiger partial charge in [-0.2, -0.15) is 0 Å². The Bertz CT molecular complexity index is 837. The van der Waals surface area contributed by atoms with E-state index in [0.29, 0.717) is 17.8 Å². The van der Waals surface area contributed by atoms with E-state index in [1.54, 1.807) is 24.3 Å². The minimum atomic E-state index is -0.489. The van der Waals surface area contributed by atoms with Gasteiger partial charge in [0.1, 0.15) is 0 Å². The summed E-state index contributed by atoms with van der Waals surface area (Å²) in [4.78, 5) is 27.4. The summed E-state index contributed by atoms with van der Waals surface area (Å²) in [5.41, 5.74) is 1.92. The van der Waals surface area contributed by atoms with Crippen molar-refractivity contribution in [3.05, 3.63) is 65.7 Å². The molecule has 3 rings (SSSR count). The maximum atomic E-state index is 12.8. The van der Waals surface area contributed by atoms with Crippen molar-refractivity contribution in [3.63, 3.8) is 0 Å². The maximum Gasteiger partial charge on any atom is 0.251 e. The number of hydrogen-bond donors (Lipinski definition) is 2. The number of amides is 2. The van der Waals surface area contributed by atoms with Crippen LogP contribution in [0.5, 0.6) is 0 Å². The van der Waals surface area contributed by atoms with Crippen LogP contribution in [0.2, 0.25) is 0 Å². The Balaban J connectivity index is 1.67. The van der Waals surface area contributed by atoms with Crippen LogP contribution in [-0.4, -0.2) is 36.3 Å². The third kappa shape index (κ3) is 5.67. The molecule has 2 amide bonds. The molecule has 5 heteroatoms. The first-order chi connectivity index (χ1) is 13.8. The highest BCUT2D eigenvalue weighted by Gasteiger charge is 2.24. The Morgan fingerprint density at radius 1 is 1.00 bits per heavy atom. The third-order valence-electron chi connectivity index (χ3n) is 5.29. The van der Waals surface area contributed by atoms with E-state index in [0.717, 1.165) is 13.1 Å². The van der Waals surface area contributed by atoms with Gasteiger partial charge in [-0.3, -0.25) is 14.5 Å². The molecule has 29 heavy (non-hydrogen) atoms. The number of likely N-dealkylation sites (tertiary alicyclic amines) is 1. The summed E-state index contributed by atoms with van der Waals surface area (Å²) in [6, 6.07) is 17.6. The molecule has 154 valence electrons. The van der Waals surface area contributed by atoms with E-state index in [1.165, 1.54) is 18.4 Å². The number of nitrogens with one attached hydrogen (secondary N) is 2. The van der Waals surface area contributed by atoms with Crippen LogP contribution in [0.1, 0.15) is 55.6 Å². The van der Waals surface area contributed by atoms with Gasteiger partial charge in [-0.1, -0.05) is 57.2 Å². The number of anilines is 1. The molecule has 2 aromatic carbocycles. The van der Waals surface area contributed by atoms with E-state index >= 15 is 0 Å². The molecule has 2 aromatic rings. The van der Waals surface area contributed by atoms with Gasteiger partial charge in [-0.25, -0.2) is 0 Å². The molecule has 1 heterocycles. The van der Waals surface area contributed by atoms with E-state index in [-0.39, 0.29) is 17.9 Å². The average molecular weight is 394 g/mol. The van der Waals surface area contributed by atoms with E-state index < -0.39 is 5.41 Å². The number of rotatable bonds is 6. The number of carbonyl (C=O) groups excluding carboxylic acids is 2. The predicted octanol–water partition coefficient (Wildman–Crippen LogP) is 4.24. The zero-order valence-corrected chi connectivity index (χ0v) is 17.6. The molecule has 1 saturated heterocycles. The van der Waals surface area contributed by atoms with Crippen LogP contribution < -0.4 is 10.6 Å². The van der Waals surface area contributed by atoms with Crippen LogP contribution in [0, 0.1) is 5.41 Å². The minimum absolute atomic E-state index is 0.0757. The van der Waals surface area contributed by atoms with Gasteiger partial charge in [0.05, 0.1) is 6.04 Å². The van der Waals surface area contributed by atoms with Gasteiger partial charge in [0.2, 0.25) is 5.91 Å². The zero-order valence-electron chi connectivity index (χ0n) is 17.6. The smallest absolute Gasteiger partial charge is 0.251 e. The molecule has 2 N–H and O–H groups in total. The first-order valence-electron chi connectivity index (χ1n) is 10.3. The van der Waals surface area contributed by atoms with E-state index in [1.807, 2.05) is 39.0 Å². The molecule has 0 saturated carbocycles. The van der Waals surface area contributed by atoms with Crippen molar-refractivity contribution < 1.29 is 9.59 Å². The predicted molar refractivity (Wildman–Crippen MR) is 117 cm³/mol. The van der Waals surface area contributed by atoms with Gasteiger partial charge in [-0.05, 0) is 49.7 Å². The van der Waals surface area contributed by atoms with Crippen LogP contribution >= 0.6 is 0 Å². The van der Waals surface area contributed by atoms with Crippen molar-refractivity contribution in [2.24, 2.45) is 5.41 Å². The number of benzene rings is 2. The second-order valence-electron chi connectivity index (χ2n) is 8.66. The Morgan fingerprint density at radius 3 is 2.34 bits per heavy atom. The summed E-state index contributed by atoms with van der Waals surface area (Å²) >= 11 is 0. The molecule has 0 aliphatic carbocycles. The molecule has 1 unspecified atom stereocenters. The standard InChI is InChI=1S/C24H31N3O2/c1-24(2,3)23(29)26-20-13-9-12-19(16-20)22(28)25-17-21(27-14-7-8-15-27)18-10-5-4-6-11-18/h4-6,9-13,16,21H,7-8,14-15,17H2,1-3H3,(H,25,28)(H,26,29). The van der Waals surface area contributed by atoms with Gasteiger partial charge in [-0.15, -0.1) is 0 Å². The quantitative estimate of drug-likeness (QED) is 0.772. The second kappa shape index (κ2) is 9.23. The maximum absolute atomic E-state index is 12.8. The molecule has 5 nitrogen and oxygen atoms in total. The van der Waals surface area contributed by atoms with E-state index in [9.17, 15) is 9.59 Å². The lowest BCUT2D eigenvalue weighted by Gasteiger charge is -2.28. The fourth-order valence-corrected chi connectivity index (χ4v) is 3.53. The van der Waals surface area contributed by atoms with E-state index in [4.69, 9.17) is 0 Å². The highest BCUT2D eigenvalue weighted by molar-refractivity contribution is 5.98. The Labute approximate surface area is 173 Å². The molecule has 1 aliphatic heterocycles. The van der Waals surface area contributed by atoms with Crippen molar-refractivity contribution in [1.29, 1.82) is 0 Å². The fraction of sp³-hybridized carbons (Fsp3) is 0.417. The third-order valence-corrected chi connectivity index (χ3v) is 5.29. The lowest BCUT2D eigenvalue weighted by molar-refractivity contribution is -0.123.